The van der Waals surface area contributed by atoms with Crippen molar-refractivity contribution in [2.24, 2.45) is 5.73 Å². The quantitative estimate of drug-likeness (QED) is 0.682. The number of nitro groups is 1. The van der Waals surface area contributed by atoms with Gasteiger partial charge in [-0.05, 0) is 37.6 Å². The Morgan fingerprint density at radius 3 is 2.65 bits per heavy atom. The lowest BCUT2D eigenvalue weighted by molar-refractivity contribution is -0.385. The highest BCUT2D eigenvalue weighted by Gasteiger charge is 2.16. The fourth-order valence-corrected chi connectivity index (χ4v) is 1.70. The van der Waals surface area contributed by atoms with Gasteiger partial charge in [0.05, 0.1) is 16.8 Å². The number of hydrogen-bond donors (Lipinski definition) is 1. The first kappa shape index (κ1) is 14.0. The number of nitro benzene ring substituents is 1. The van der Waals surface area contributed by atoms with Crippen molar-refractivity contribution in [2.45, 2.75) is 19.9 Å². The molecule has 104 valence electrons. The van der Waals surface area contributed by atoms with E-state index in [-0.39, 0.29) is 17.5 Å². The molecule has 0 aliphatic heterocycles. The van der Waals surface area contributed by atoms with E-state index in [1.165, 1.54) is 12.3 Å². The van der Waals surface area contributed by atoms with Gasteiger partial charge in [0.25, 0.3) is 0 Å². The summed E-state index contributed by atoms with van der Waals surface area (Å²) in [6.45, 7) is 3.61. The Hall–Kier alpha value is -2.47. The van der Waals surface area contributed by atoms with Crippen LogP contribution in [0.4, 0.5) is 5.69 Å². The molecule has 0 saturated carbocycles. The number of benzene rings is 1. The molecule has 0 radical (unpaired) electrons. The molecule has 6 heteroatoms. The SMILES string of the molecule is Cc1ccc(Oc2ccc(C(C)N)nc2)c([N+](=O)[O-])c1. The van der Waals surface area contributed by atoms with E-state index in [0.717, 1.165) is 11.3 Å². The van der Waals surface area contributed by atoms with Gasteiger partial charge in [0, 0.05) is 12.1 Å². The van der Waals surface area contributed by atoms with Crippen LogP contribution in [0.2, 0.25) is 0 Å². The smallest absolute Gasteiger partial charge is 0.311 e. The summed E-state index contributed by atoms with van der Waals surface area (Å²) < 4.78 is 5.52. The Balaban J connectivity index is 2.28. The van der Waals surface area contributed by atoms with E-state index in [2.05, 4.69) is 4.98 Å². The summed E-state index contributed by atoms with van der Waals surface area (Å²) in [6, 6.07) is 8.06. The minimum Gasteiger partial charge on any atom is -0.449 e. The van der Waals surface area contributed by atoms with Crippen molar-refractivity contribution in [1.29, 1.82) is 0 Å². The molecule has 1 atom stereocenters. The molecular formula is C14H15N3O3. The van der Waals surface area contributed by atoms with Crippen LogP contribution < -0.4 is 10.5 Å². The van der Waals surface area contributed by atoms with Crippen LogP contribution in [0.1, 0.15) is 24.2 Å². The minimum absolute atomic E-state index is 0.0683. The predicted molar refractivity (Wildman–Crippen MR) is 74.7 cm³/mol. The highest BCUT2D eigenvalue weighted by Crippen LogP contribution is 2.31. The Kier molecular flexibility index (Phi) is 3.95. The van der Waals surface area contributed by atoms with E-state index in [4.69, 9.17) is 10.5 Å². The standard InChI is InChI=1S/C14H15N3O3/c1-9-3-6-14(13(7-9)17(18)19)20-11-4-5-12(10(2)15)16-8-11/h3-8,10H,15H2,1-2H3. The van der Waals surface area contributed by atoms with Gasteiger partial charge in [0.2, 0.25) is 5.75 Å². The summed E-state index contributed by atoms with van der Waals surface area (Å²) in [5.74, 6) is 0.623. The topological polar surface area (TPSA) is 91.3 Å². The molecule has 0 aliphatic carbocycles. The van der Waals surface area contributed by atoms with Crippen molar-refractivity contribution in [2.75, 3.05) is 0 Å². The maximum atomic E-state index is 11.0. The van der Waals surface area contributed by atoms with Crippen molar-refractivity contribution < 1.29 is 9.66 Å². The van der Waals surface area contributed by atoms with Crippen molar-refractivity contribution in [3.05, 3.63) is 57.9 Å². The Morgan fingerprint density at radius 2 is 2.10 bits per heavy atom. The average molecular weight is 273 g/mol. The average Bonchev–Trinajstić information content (AvgIpc) is 2.41. The van der Waals surface area contributed by atoms with Gasteiger partial charge in [-0.15, -0.1) is 0 Å². The maximum Gasteiger partial charge on any atom is 0.311 e. The molecule has 1 unspecified atom stereocenters. The zero-order valence-electron chi connectivity index (χ0n) is 11.2. The highest BCUT2D eigenvalue weighted by molar-refractivity contribution is 5.50. The van der Waals surface area contributed by atoms with E-state index in [1.54, 1.807) is 31.2 Å². The molecule has 0 spiro atoms. The molecule has 0 bridgehead atoms. The van der Waals surface area contributed by atoms with E-state index in [0.29, 0.717) is 5.75 Å². The third-order valence-electron chi connectivity index (χ3n) is 2.76. The molecule has 0 fully saturated rings. The number of ether oxygens (including phenoxy) is 1. The maximum absolute atomic E-state index is 11.0. The van der Waals surface area contributed by atoms with Crippen molar-refractivity contribution in [1.82, 2.24) is 4.98 Å². The Morgan fingerprint density at radius 1 is 1.35 bits per heavy atom. The summed E-state index contributed by atoms with van der Waals surface area (Å²) in [4.78, 5) is 14.7. The van der Waals surface area contributed by atoms with E-state index < -0.39 is 4.92 Å². The van der Waals surface area contributed by atoms with Gasteiger partial charge in [-0.2, -0.15) is 0 Å². The molecule has 0 amide bonds. The monoisotopic (exact) mass is 273 g/mol. The van der Waals surface area contributed by atoms with Gasteiger partial charge in [0.1, 0.15) is 5.75 Å². The summed E-state index contributed by atoms with van der Waals surface area (Å²) in [6.07, 6.45) is 1.50. The molecule has 1 heterocycles. The lowest BCUT2D eigenvalue weighted by Crippen LogP contribution is -2.06. The van der Waals surface area contributed by atoms with Crippen LogP contribution in [0.25, 0.3) is 0 Å². The van der Waals surface area contributed by atoms with Crippen LogP contribution in [-0.2, 0) is 0 Å². The normalized spacial score (nSPS) is 11.9. The van der Waals surface area contributed by atoms with Gasteiger partial charge < -0.3 is 10.5 Å². The Bertz CT molecular complexity index is 624. The van der Waals surface area contributed by atoms with Gasteiger partial charge in [-0.3, -0.25) is 15.1 Å². The molecule has 2 N–H and O–H groups in total. The second-order valence-electron chi connectivity index (χ2n) is 4.54. The van der Waals surface area contributed by atoms with Crippen LogP contribution in [0.15, 0.2) is 36.5 Å². The van der Waals surface area contributed by atoms with Gasteiger partial charge in [-0.1, -0.05) is 6.07 Å². The fourth-order valence-electron chi connectivity index (χ4n) is 1.70. The van der Waals surface area contributed by atoms with Crippen molar-refractivity contribution in [3.63, 3.8) is 0 Å². The lowest BCUT2D eigenvalue weighted by Gasteiger charge is -2.08. The molecule has 20 heavy (non-hydrogen) atoms. The van der Waals surface area contributed by atoms with Gasteiger partial charge in [0.15, 0.2) is 0 Å². The van der Waals surface area contributed by atoms with Crippen molar-refractivity contribution in [3.8, 4) is 11.5 Å². The third-order valence-corrected chi connectivity index (χ3v) is 2.76. The predicted octanol–water partition coefficient (Wildman–Crippen LogP) is 3.11. The molecular weight excluding hydrogens is 258 g/mol. The number of pyridine rings is 1. The summed E-state index contributed by atoms with van der Waals surface area (Å²) in [7, 11) is 0. The number of aryl methyl sites for hydroxylation is 1. The third kappa shape index (κ3) is 3.10. The number of rotatable bonds is 4. The summed E-state index contributed by atoms with van der Waals surface area (Å²) in [5, 5.41) is 11.0. The first-order valence-electron chi connectivity index (χ1n) is 6.12. The van der Waals surface area contributed by atoms with Crippen LogP contribution in [0.3, 0.4) is 0 Å². The minimum atomic E-state index is -0.466. The van der Waals surface area contributed by atoms with Crippen LogP contribution >= 0.6 is 0 Å². The molecule has 6 nitrogen and oxygen atoms in total. The van der Waals surface area contributed by atoms with Gasteiger partial charge >= 0.3 is 5.69 Å². The van der Waals surface area contributed by atoms with E-state index in [1.807, 2.05) is 6.92 Å². The van der Waals surface area contributed by atoms with Gasteiger partial charge in [-0.25, -0.2) is 0 Å². The van der Waals surface area contributed by atoms with Crippen LogP contribution in [-0.4, -0.2) is 9.91 Å². The lowest BCUT2D eigenvalue weighted by atomic mass is 10.2. The highest BCUT2D eigenvalue weighted by atomic mass is 16.6. The summed E-state index contributed by atoms with van der Waals surface area (Å²) >= 11 is 0. The zero-order valence-corrected chi connectivity index (χ0v) is 11.2. The number of hydrogen-bond acceptors (Lipinski definition) is 5. The second-order valence-corrected chi connectivity index (χ2v) is 4.54. The number of nitrogens with two attached hydrogens (primary N) is 1. The van der Waals surface area contributed by atoms with Crippen LogP contribution in [0.5, 0.6) is 11.5 Å². The first-order valence-corrected chi connectivity index (χ1v) is 6.12. The van der Waals surface area contributed by atoms with Crippen molar-refractivity contribution >= 4 is 5.69 Å². The molecule has 2 aromatic rings. The molecule has 0 aliphatic rings. The molecule has 1 aromatic carbocycles. The van der Waals surface area contributed by atoms with E-state index >= 15 is 0 Å². The largest absolute Gasteiger partial charge is 0.449 e. The zero-order chi connectivity index (χ0) is 14.7. The molecule has 0 saturated heterocycles. The molecule has 1 aromatic heterocycles. The Labute approximate surface area is 116 Å². The summed E-state index contributed by atoms with van der Waals surface area (Å²) in [5.41, 5.74) is 7.17. The first-order chi connectivity index (χ1) is 9.47. The number of aromatic nitrogens is 1. The van der Waals surface area contributed by atoms with Crippen LogP contribution in [0, 0.1) is 17.0 Å². The van der Waals surface area contributed by atoms with E-state index in [9.17, 15) is 10.1 Å². The second kappa shape index (κ2) is 5.66. The number of nitrogens with zero attached hydrogens (tertiary/aromatic N) is 2. The fraction of sp³-hybridized carbons (Fsp3) is 0.214. The molecule has 2 rings (SSSR count).